The standard InChI is InChI=1S/C24H27BrN4O2/c1-3-4-7-23-27-21-11-9-18(25)14-20(21)24(30)29(23)26-16-17-8-10-19(15-22(17)31-2)28-12-5-6-13-28/h8-11,14-16H,3-7,12-13H2,1-2H3. The van der Waals surface area contributed by atoms with Crippen LogP contribution in [0, 0.1) is 0 Å². The average Bonchev–Trinajstić information content (AvgIpc) is 3.32. The van der Waals surface area contributed by atoms with Gasteiger partial charge in [0.05, 0.1) is 24.2 Å². The monoisotopic (exact) mass is 482 g/mol. The molecule has 3 aromatic rings. The average molecular weight is 483 g/mol. The Hall–Kier alpha value is -2.67. The van der Waals surface area contributed by atoms with Gasteiger partial charge in [0, 0.05) is 41.3 Å². The van der Waals surface area contributed by atoms with Crippen molar-refractivity contribution in [3.63, 3.8) is 0 Å². The van der Waals surface area contributed by atoms with Crippen molar-refractivity contribution in [1.82, 2.24) is 9.66 Å². The molecule has 0 bridgehead atoms. The highest BCUT2D eigenvalue weighted by Gasteiger charge is 2.15. The Bertz CT molecular complexity index is 1170. The Morgan fingerprint density at radius 1 is 1.19 bits per heavy atom. The van der Waals surface area contributed by atoms with E-state index in [1.807, 2.05) is 24.3 Å². The van der Waals surface area contributed by atoms with E-state index in [-0.39, 0.29) is 5.56 Å². The van der Waals surface area contributed by atoms with Gasteiger partial charge in [0.15, 0.2) is 0 Å². The number of halogens is 1. The Labute approximate surface area is 190 Å². The minimum Gasteiger partial charge on any atom is -0.496 e. The van der Waals surface area contributed by atoms with Crippen LogP contribution in [0.4, 0.5) is 5.69 Å². The molecule has 1 aromatic heterocycles. The number of benzene rings is 2. The second-order valence-corrected chi connectivity index (χ2v) is 8.69. The number of aryl methyl sites for hydroxylation is 1. The first kappa shape index (κ1) is 21.6. The van der Waals surface area contributed by atoms with Crippen LogP contribution < -0.4 is 15.2 Å². The van der Waals surface area contributed by atoms with E-state index in [9.17, 15) is 4.79 Å². The van der Waals surface area contributed by atoms with Crippen LogP contribution in [-0.2, 0) is 6.42 Å². The summed E-state index contributed by atoms with van der Waals surface area (Å²) in [4.78, 5) is 20.3. The molecule has 0 radical (unpaired) electrons. The van der Waals surface area contributed by atoms with Gasteiger partial charge in [-0.05, 0) is 49.6 Å². The third-order valence-corrected chi connectivity index (χ3v) is 6.12. The highest BCUT2D eigenvalue weighted by Crippen LogP contribution is 2.27. The third-order valence-electron chi connectivity index (χ3n) is 5.63. The van der Waals surface area contributed by atoms with Gasteiger partial charge in [-0.2, -0.15) is 9.78 Å². The summed E-state index contributed by atoms with van der Waals surface area (Å²) in [5, 5.41) is 5.10. The Kier molecular flexibility index (Phi) is 6.70. The maximum Gasteiger partial charge on any atom is 0.282 e. The molecule has 1 fully saturated rings. The minimum absolute atomic E-state index is 0.165. The fourth-order valence-electron chi connectivity index (χ4n) is 3.91. The van der Waals surface area contributed by atoms with E-state index < -0.39 is 0 Å². The number of nitrogens with zero attached hydrogens (tertiary/aromatic N) is 4. The van der Waals surface area contributed by atoms with Crippen LogP contribution in [0.2, 0.25) is 0 Å². The molecular weight excluding hydrogens is 456 g/mol. The Morgan fingerprint density at radius 3 is 2.74 bits per heavy atom. The van der Waals surface area contributed by atoms with E-state index in [2.05, 4.69) is 38.9 Å². The van der Waals surface area contributed by atoms with E-state index in [1.165, 1.54) is 17.5 Å². The molecule has 7 heteroatoms. The summed E-state index contributed by atoms with van der Waals surface area (Å²) in [7, 11) is 1.66. The lowest BCUT2D eigenvalue weighted by Crippen LogP contribution is -2.22. The number of hydrogen-bond acceptors (Lipinski definition) is 5. The van der Waals surface area contributed by atoms with Crippen molar-refractivity contribution < 1.29 is 4.74 Å². The van der Waals surface area contributed by atoms with E-state index in [0.29, 0.717) is 23.1 Å². The lowest BCUT2D eigenvalue weighted by molar-refractivity contribution is 0.414. The van der Waals surface area contributed by atoms with Gasteiger partial charge in [-0.25, -0.2) is 4.98 Å². The summed E-state index contributed by atoms with van der Waals surface area (Å²) in [6, 6.07) is 11.7. The van der Waals surface area contributed by atoms with E-state index >= 15 is 0 Å². The van der Waals surface area contributed by atoms with Crippen molar-refractivity contribution in [3.8, 4) is 5.75 Å². The van der Waals surface area contributed by atoms with Crippen molar-refractivity contribution >= 4 is 38.7 Å². The maximum absolute atomic E-state index is 13.2. The van der Waals surface area contributed by atoms with Crippen LogP contribution in [-0.4, -0.2) is 36.1 Å². The first-order valence-electron chi connectivity index (χ1n) is 10.8. The topological polar surface area (TPSA) is 59.7 Å². The quantitative estimate of drug-likeness (QED) is 0.445. The summed E-state index contributed by atoms with van der Waals surface area (Å²) in [5.74, 6) is 1.42. The number of fused-ring (bicyclic) bond motifs is 1. The Balaban J connectivity index is 1.74. The van der Waals surface area contributed by atoms with Gasteiger partial charge in [-0.15, -0.1) is 0 Å². The zero-order chi connectivity index (χ0) is 21.8. The summed E-state index contributed by atoms with van der Waals surface area (Å²) in [6.07, 6.45) is 6.79. The fourth-order valence-corrected chi connectivity index (χ4v) is 4.27. The second-order valence-electron chi connectivity index (χ2n) is 7.77. The predicted octanol–water partition coefficient (Wildman–Crippen LogP) is 4.99. The van der Waals surface area contributed by atoms with Crippen molar-refractivity contribution in [2.45, 2.75) is 39.0 Å². The van der Waals surface area contributed by atoms with Crippen LogP contribution in [0.15, 0.2) is 50.8 Å². The number of methoxy groups -OCH3 is 1. The van der Waals surface area contributed by atoms with Gasteiger partial charge in [0.25, 0.3) is 5.56 Å². The minimum atomic E-state index is -0.165. The second kappa shape index (κ2) is 9.64. The maximum atomic E-state index is 13.2. The number of hydrogen-bond donors (Lipinski definition) is 0. The Morgan fingerprint density at radius 2 is 2.00 bits per heavy atom. The summed E-state index contributed by atoms with van der Waals surface area (Å²) >= 11 is 3.45. The van der Waals surface area contributed by atoms with E-state index in [0.717, 1.165) is 47.4 Å². The number of rotatable bonds is 7. The summed E-state index contributed by atoms with van der Waals surface area (Å²) in [5.41, 5.74) is 2.51. The van der Waals surface area contributed by atoms with Crippen LogP contribution in [0.1, 0.15) is 44.0 Å². The van der Waals surface area contributed by atoms with Crippen LogP contribution in [0.3, 0.4) is 0 Å². The van der Waals surface area contributed by atoms with Crippen LogP contribution in [0.5, 0.6) is 5.75 Å². The molecule has 0 atom stereocenters. The number of anilines is 1. The van der Waals surface area contributed by atoms with Crippen LogP contribution >= 0.6 is 15.9 Å². The molecule has 31 heavy (non-hydrogen) atoms. The molecule has 0 saturated carbocycles. The van der Waals surface area contributed by atoms with Crippen molar-refractivity contribution in [2.75, 3.05) is 25.1 Å². The third kappa shape index (κ3) is 4.66. The molecule has 2 aromatic carbocycles. The van der Waals surface area contributed by atoms with Gasteiger partial charge >= 0.3 is 0 Å². The first-order chi connectivity index (χ1) is 15.1. The molecule has 1 saturated heterocycles. The van der Waals surface area contributed by atoms with Gasteiger partial charge in [0.2, 0.25) is 0 Å². The molecule has 0 aliphatic carbocycles. The zero-order valence-corrected chi connectivity index (χ0v) is 19.6. The van der Waals surface area contributed by atoms with Gasteiger partial charge < -0.3 is 9.64 Å². The molecule has 6 nitrogen and oxygen atoms in total. The van der Waals surface area contributed by atoms with Gasteiger partial charge in [-0.3, -0.25) is 4.79 Å². The van der Waals surface area contributed by atoms with Gasteiger partial charge in [-0.1, -0.05) is 29.3 Å². The molecular formula is C24H27BrN4O2. The normalized spacial score (nSPS) is 14.1. The number of ether oxygens (including phenoxy) is 1. The van der Waals surface area contributed by atoms with Crippen LogP contribution in [0.25, 0.3) is 10.9 Å². The SMILES string of the molecule is CCCCc1nc2ccc(Br)cc2c(=O)n1N=Cc1ccc(N2CCCC2)cc1OC. The first-order valence-corrected chi connectivity index (χ1v) is 11.6. The zero-order valence-electron chi connectivity index (χ0n) is 18.0. The van der Waals surface area contributed by atoms with Crippen molar-refractivity contribution in [2.24, 2.45) is 5.10 Å². The molecule has 162 valence electrons. The molecule has 1 aliphatic rings. The molecule has 0 N–H and O–H groups in total. The fraction of sp³-hybridized carbons (Fsp3) is 0.375. The van der Waals surface area contributed by atoms with Crippen molar-refractivity contribution in [1.29, 1.82) is 0 Å². The predicted molar refractivity (Wildman–Crippen MR) is 130 cm³/mol. The van der Waals surface area contributed by atoms with E-state index in [1.54, 1.807) is 19.4 Å². The van der Waals surface area contributed by atoms with E-state index in [4.69, 9.17) is 9.72 Å². The molecule has 1 aliphatic heterocycles. The molecule has 0 amide bonds. The molecule has 4 rings (SSSR count). The number of unbranched alkanes of at least 4 members (excludes halogenated alkanes) is 1. The lowest BCUT2D eigenvalue weighted by atomic mass is 10.2. The van der Waals surface area contributed by atoms with Gasteiger partial charge in [0.1, 0.15) is 11.6 Å². The summed E-state index contributed by atoms with van der Waals surface area (Å²) < 4.78 is 7.89. The molecule has 2 heterocycles. The molecule has 0 unspecified atom stereocenters. The number of aromatic nitrogens is 2. The smallest absolute Gasteiger partial charge is 0.282 e. The highest BCUT2D eigenvalue weighted by atomic mass is 79.9. The highest BCUT2D eigenvalue weighted by molar-refractivity contribution is 9.10. The van der Waals surface area contributed by atoms with Crippen molar-refractivity contribution in [3.05, 3.63) is 62.6 Å². The summed E-state index contributed by atoms with van der Waals surface area (Å²) in [6.45, 7) is 4.27. The largest absolute Gasteiger partial charge is 0.496 e. The molecule has 0 spiro atoms. The lowest BCUT2D eigenvalue weighted by Gasteiger charge is -2.19.